The molecule has 0 atom stereocenters. The number of nitrogens with two attached hydrogens (primary N) is 1. The molecule has 20 heavy (non-hydrogen) atoms. The number of anilines is 2. The number of nitrogens with one attached hydrogen (secondary N) is 1. The first kappa shape index (κ1) is 14.1. The fourth-order valence-electron chi connectivity index (χ4n) is 1.67. The largest absolute Gasteiger partial charge is 0.497 e. The second-order valence-electron chi connectivity index (χ2n) is 4.00. The first-order chi connectivity index (χ1) is 9.52. The molecule has 104 valence electrons. The van der Waals surface area contributed by atoms with E-state index in [0.717, 1.165) is 6.07 Å². The van der Waals surface area contributed by atoms with Gasteiger partial charge in [0.2, 0.25) is 0 Å². The number of benzene rings is 2. The van der Waals surface area contributed by atoms with Crippen molar-refractivity contribution < 1.29 is 13.9 Å². The Labute approximate surface area is 120 Å². The Morgan fingerprint density at radius 2 is 2.10 bits per heavy atom. The van der Waals surface area contributed by atoms with Gasteiger partial charge in [0.1, 0.15) is 11.6 Å². The summed E-state index contributed by atoms with van der Waals surface area (Å²) < 4.78 is 18.7. The van der Waals surface area contributed by atoms with Crippen LogP contribution in [-0.4, -0.2) is 13.0 Å². The van der Waals surface area contributed by atoms with Crippen molar-refractivity contribution in [3.63, 3.8) is 0 Å². The molecule has 0 fully saturated rings. The van der Waals surface area contributed by atoms with Crippen molar-refractivity contribution in [2.75, 3.05) is 18.2 Å². The van der Waals surface area contributed by atoms with E-state index >= 15 is 0 Å². The van der Waals surface area contributed by atoms with Crippen LogP contribution in [0.25, 0.3) is 0 Å². The van der Waals surface area contributed by atoms with Gasteiger partial charge in [0.05, 0.1) is 29.1 Å². The van der Waals surface area contributed by atoms with E-state index in [1.165, 1.54) is 19.2 Å². The first-order valence-electron chi connectivity index (χ1n) is 5.72. The topological polar surface area (TPSA) is 64.3 Å². The lowest BCUT2D eigenvalue weighted by atomic mass is 10.2. The molecule has 4 nitrogen and oxygen atoms in total. The van der Waals surface area contributed by atoms with Crippen LogP contribution in [0.2, 0.25) is 5.02 Å². The van der Waals surface area contributed by atoms with Gasteiger partial charge >= 0.3 is 0 Å². The molecule has 3 N–H and O–H groups in total. The second kappa shape index (κ2) is 5.79. The van der Waals surface area contributed by atoms with E-state index < -0.39 is 11.7 Å². The van der Waals surface area contributed by atoms with Gasteiger partial charge in [-0.3, -0.25) is 4.79 Å². The molecule has 0 radical (unpaired) electrons. The van der Waals surface area contributed by atoms with Crippen LogP contribution in [0, 0.1) is 5.82 Å². The van der Waals surface area contributed by atoms with Gasteiger partial charge < -0.3 is 15.8 Å². The fraction of sp³-hybridized carbons (Fsp3) is 0.0714. The predicted octanol–water partition coefficient (Wildman–Crippen LogP) is 3.32. The van der Waals surface area contributed by atoms with Gasteiger partial charge in [-0.05, 0) is 24.3 Å². The van der Waals surface area contributed by atoms with Gasteiger partial charge in [0, 0.05) is 6.07 Å². The number of methoxy groups -OCH3 is 1. The molecule has 0 aliphatic carbocycles. The molecule has 2 aromatic rings. The van der Waals surface area contributed by atoms with Crippen molar-refractivity contribution in [3.05, 3.63) is 52.8 Å². The Hall–Kier alpha value is -2.27. The molecule has 0 unspecified atom stereocenters. The maximum Gasteiger partial charge on any atom is 0.260 e. The Kier molecular flexibility index (Phi) is 4.10. The lowest BCUT2D eigenvalue weighted by molar-refractivity contribution is 0.102. The lowest BCUT2D eigenvalue weighted by Gasteiger charge is -2.11. The number of nitrogen functional groups attached to an aromatic ring is 1. The second-order valence-corrected chi connectivity index (χ2v) is 4.41. The Balaban J connectivity index is 2.33. The summed E-state index contributed by atoms with van der Waals surface area (Å²) in [5.74, 6) is -0.848. The van der Waals surface area contributed by atoms with Crippen LogP contribution in [0.1, 0.15) is 10.4 Å². The minimum absolute atomic E-state index is 0.0315. The molecule has 0 aliphatic rings. The highest BCUT2D eigenvalue weighted by Crippen LogP contribution is 2.26. The van der Waals surface area contributed by atoms with Crippen LogP contribution < -0.4 is 15.8 Å². The van der Waals surface area contributed by atoms with Gasteiger partial charge in [-0.2, -0.15) is 0 Å². The molecule has 1 amide bonds. The van der Waals surface area contributed by atoms with E-state index in [2.05, 4.69) is 5.32 Å². The Morgan fingerprint density at radius 3 is 2.75 bits per heavy atom. The van der Waals surface area contributed by atoms with E-state index in [4.69, 9.17) is 22.1 Å². The van der Waals surface area contributed by atoms with Crippen LogP contribution in [0.15, 0.2) is 36.4 Å². The number of carbonyl (C=O) groups is 1. The van der Waals surface area contributed by atoms with Crippen LogP contribution in [0.4, 0.5) is 15.8 Å². The molecular weight excluding hydrogens is 283 g/mol. The number of ether oxygens (including phenoxy) is 1. The molecule has 0 aromatic heterocycles. The summed E-state index contributed by atoms with van der Waals surface area (Å²) in [6.45, 7) is 0. The Morgan fingerprint density at radius 1 is 1.35 bits per heavy atom. The summed E-state index contributed by atoms with van der Waals surface area (Å²) in [5.41, 5.74) is 6.19. The lowest BCUT2D eigenvalue weighted by Crippen LogP contribution is -2.15. The number of carbonyl (C=O) groups excluding carboxylic acids is 1. The molecule has 0 saturated heterocycles. The van der Waals surface area contributed by atoms with Crippen LogP contribution in [0.5, 0.6) is 5.75 Å². The summed E-state index contributed by atoms with van der Waals surface area (Å²) in [5, 5.41) is 2.55. The smallest absolute Gasteiger partial charge is 0.260 e. The summed E-state index contributed by atoms with van der Waals surface area (Å²) in [4.78, 5) is 12.1. The summed E-state index contributed by atoms with van der Waals surface area (Å²) >= 11 is 5.83. The van der Waals surface area contributed by atoms with E-state index in [9.17, 15) is 9.18 Å². The molecule has 2 rings (SSSR count). The Bertz CT molecular complexity index is 641. The van der Waals surface area contributed by atoms with E-state index in [1.807, 2.05) is 0 Å². The van der Waals surface area contributed by atoms with E-state index in [0.29, 0.717) is 17.1 Å². The molecule has 2 aromatic carbocycles. The zero-order valence-electron chi connectivity index (χ0n) is 10.6. The molecule has 0 aliphatic heterocycles. The third-order valence-corrected chi connectivity index (χ3v) is 3.01. The average molecular weight is 295 g/mol. The SMILES string of the molecule is COc1ccc(N)c(NC(=O)c2c(F)cccc2Cl)c1. The highest BCUT2D eigenvalue weighted by atomic mass is 35.5. The third-order valence-electron chi connectivity index (χ3n) is 2.70. The summed E-state index contributed by atoms with van der Waals surface area (Å²) in [6, 6.07) is 8.80. The van der Waals surface area contributed by atoms with Gasteiger partial charge in [0.25, 0.3) is 5.91 Å². The summed E-state index contributed by atoms with van der Waals surface area (Å²) in [7, 11) is 1.49. The maximum absolute atomic E-state index is 13.6. The quantitative estimate of drug-likeness (QED) is 0.854. The van der Waals surface area contributed by atoms with Gasteiger partial charge in [0.15, 0.2) is 0 Å². The normalized spacial score (nSPS) is 10.2. The number of halogens is 2. The molecule has 0 spiro atoms. The standard InChI is InChI=1S/C14H12ClFN2O2/c1-20-8-5-6-11(17)12(7-8)18-14(19)13-9(15)3-2-4-10(13)16/h2-7H,17H2,1H3,(H,18,19). The summed E-state index contributed by atoms with van der Waals surface area (Å²) in [6.07, 6.45) is 0. The van der Waals surface area contributed by atoms with E-state index in [-0.39, 0.29) is 10.6 Å². The monoisotopic (exact) mass is 294 g/mol. The fourth-order valence-corrected chi connectivity index (χ4v) is 1.92. The van der Waals surface area contributed by atoms with Crippen molar-refractivity contribution >= 4 is 28.9 Å². The first-order valence-corrected chi connectivity index (χ1v) is 6.09. The van der Waals surface area contributed by atoms with Crippen molar-refractivity contribution in [2.24, 2.45) is 0 Å². The molecule has 0 heterocycles. The molecule has 6 heteroatoms. The van der Waals surface area contributed by atoms with Crippen LogP contribution in [0.3, 0.4) is 0 Å². The van der Waals surface area contributed by atoms with Crippen molar-refractivity contribution in [3.8, 4) is 5.75 Å². The number of rotatable bonds is 3. The minimum Gasteiger partial charge on any atom is -0.497 e. The van der Waals surface area contributed by atoms with Gasteiger partial charge in [-0.15, -0.1) is 0 Å². The highest BCUT2D eigenvalue weighted by molar-refractivity contribution is 6.34. The number of amides is 1. The maximum atomic E-state index is 13.6. The molecule has 0 bridgehead atoms. The van der Waals surface area contributed by atoms with Crippen LogP contribution >= 0.6 is 11.6 Å². The van der Waals surface area contributed by atoms with Crippen LogP contribution in [-0.2, 0) is 0 Å². The number of hydrogen-bond acceptors (Lipinski definition) is 3. The zero-order chi connectivity index (χ0) is 14.7. The van der Waals surface area contributed by atoms with Crippen molar-refractivity contribution in [1.29, 1.82) is 0 Å². The highest BCUT2D eigenvalue weighted by Gasteiger charge is 2.16. The average Bonchev–Trinajstić information content (AvgIpc) is 2.41. The third kappa shape index (κ3) is 2.83. The van der Waals surface area contributed by atoms with Crippen molar-refractivity contribution in [2.45, 2.75) is 0 Å². The molecule has 0 saturated carbocycles. The van der Waals surface area contributed by atoms with Gasteiger partial charge in [-0.25, -0.2) is 4.39 Å². The van der Waals surface area contributed by atoms with Crippen molar-refractivity contribution in [1.82, 2.24) is 0 Å². The van der Waals surface area contributed by atoms with Gasteiger partial charge in [-0.1, -0.05) is 17.7 Å². The zero-order valence-corrected chi connectivity index (χ0v) is 11.4. The number of hydrogen-bond donors (Lipinski definition) is 2. The molecular formula is C14H12ClFN2O2. The minimum atomic E-state index is -0.698. The van der Waals surface area contributed by atoms with E-state index in [1.54, 1.807) is 18.2 Å². The predicted molar refractivity (Wildman–Crippen MR) is 76.8 cm³/mol.